The van der Waals surface area contributed by atoms with Gasteiger partial charge in [0.25, 0.3) is 0 Å². The van der Waals surface area contributed by atoms with Crippen LogP contribution in [0.1, 0.15) is 11.3 Å². The van der Waals surface area contributed by atoms with Gasteiger partial charge in [0.1, 0.15) is 0 Å². The zero-order valence-electron chi connectivity index (χ0n) is 10.6. The molecule has 1 unspecified atom stereocenters. The Morgan fingerprint density at radius 2 is 2.15 bits per heavy atom. The highest BCUT2D eigenvalue weighted by Crippen LogP contribution is 2.32. The number of thiophene rings is 1. The summed E-state index contributed by atoms with van der Waals surface area (Å²) in [7, 11) is 0. The second-order valence-corrected chi connectivity index (χ2v) is 8.28. The van der Waals surface area contributed by atoms with Crippen molar-refractivity contribution in [1.82, 2.24) is 10.2 Å². The molecular weight excluding hydrogens is 421 g/mol. The van der Waals surface area contributed by atoms with Crippen LogP contribution in [0.15, 0.2) is 14.3 Å². The van der Waals surface area contributed by atoms with Crippen molar-refractivity contribution in [1.29, 1.82) is 0 Å². The van der Waals surface area contributed by atoms with Gasteiger partial charge >= 0.3 is 6.18 Å². The first kappa shape index (κ1) is 16.7. The molecule has 0 amide bonds. The van der Waals surface area contributed by atoms with Crippen LogP contribution in [0.5, 0.6) is 0 Å². The monoisotopic (exact) mass is 434 g/mol. The molecule has 0 bridgehead atoms. The Morgan fingerprint density at radius 1 is 1.40 bits per heavy atom. The predicted octanol–water partition coefficient (Wildman–Crippen LogP) is 4.25. The van der Waals surface area contributed by atoms with E-state index in [9.17, 15) is 13.2 Å². The lowest BCUT2D eigenvalue weighted by Crippen LogP contribution is -2.33. The Bertz CT molecular complexity index is 431. The summed E-state index contributed by atoms with van der Waals surface area (Å²) in [4.78, 5) is 2.69. The molecule has 20 heavy (non-hydrogen) atoms. The Morgan fingerprint density at radius 3 is 2.75 bits per heavy atom. The summed E-state index contributed by atoms with van der Waals surface area (Å²) in [6.07, 6.45) is -3.25. The van der Waals surface area contributed by atoms with Gasteiger partial charge < -0.3 is 5.32 Å². The largest absolute Gasteiger partial charge is 0.401 e. The molecule has 2 rings (SSSR count). The second kappa shape index (κ2) is 7.09. The van der Waals surface area contributed by atoms with Gasteiger partial charge in [-0.1, -0.05) is 0 Å². The first-order valence-corrected chi connectivity index (χ1v) is 8.67. The van der Waals surface area contributed by atoms with E-state index in [1.54, 1.807) is 11.3 Å². The molecule has 0 aliphatic carbocycles. The maximum atomic E-state index is 12.3. The van der Waals surface area contributed by atoms with E-state index in [-0.39, 0.29) is 0 Å². The molecule has 0 aromatic carbocycles. The molecular formula is C12H15Br2F3N2S. The van der Waals surface area contributed by atoms with E-state index in [1.807, 2.05) is 6.07 Å². The van der Waals surface area contributed by atoms with Crippen LogP contribution < -0.4 is 5.32 Å². The summed E-state index contributed by atoms with van der Waals surface area (Å²) in [6, 6.07) is 2.05. The summed E-state index contributed by atoms with van der Waals surface area (Å²) in [6.45, 7) is 1.81. The zero-order valence-corrected chi connectivity index (χ0v) is 14.6. The number of nitrogens with zero attached hydrogens (tertiary/aromatic N) is 1. The van der Waals surface area contributed by atoms with Gasteiger partial charge in [-0.25, -0.2) is 0 Å². The maximum absolute atomic E-state index is 12.3. The van der Waals surface area contributed by atoms with E-state index in [1.165, 1.54) is 9.78 Å². The fourth-order valence-corrected chi connectivity index (χ4v) is 4.50. The van der Waals surface area contributed by atoms with Crippen LogP contribution >= 0.6 is 43.2 Å². The van der Waals surface area contributed by atoms with E-state index >= 15 is 0 Å². The molecule has 2 nitrogen and oxygen atoms in total. The van der Waals surface area contributed by atoms with Crippen molar-refractivity contribution in [3.63, 3.8) is 0 Å². The molecule has 1 atom stereocenters. The highest BCUT2D eigenvalue weighted by atomic mass is 79.9. The number of alkyl halides is 3. The third-order valence-corrected chi connectivity index (χ3v) is 6.46. The van der Waals surface area contributed by atoms with Gasteiger partial charge in [-0.15, -0.1) is 11.3 Å². The Hall–Kier alpha value is 0.370. The fraction of sp³-hybridized carbons (Fsp3) is 0.667. The molecule has 1 aromatic rings. The molecule has 1 saturated heterocycles. The second-order valence-electron chi connectivity index (χ2n) is 4.97. The number of likely N-dealkylation sites (tertiary alicyclic amines) is 1. The van der Waals surface area contributed by atoms with Crippen LogP contribution in [0.4, 0.5) is 13.2 Å². The van der Waals surface area contributed by atoms with Crippen LogP contribution in [-0.2, 0) is 6.54 Å². The van der Waals surface area contributed by atoms with Crippen molar-refractivity contribution < 1.29 is 13.2 Å². The fourth-order valence-electron chi connectivity index (χ4n) is 2.35. The van der Waals surface area contributed by atoms with Crippen LogP contribution in [0.3, 0.4) is 0 Å². The van der Waals surface area contributed by atoms with Crippen LogP contribution in [0.25, 0.3) is 0 Å². The van der Waals surface area contributed by atoms with Crippen molar-refractivity contribution in [2.45, 2.75) is 19.1 Å². The predicted molar refractivity (Wildman–Crippen MR) is 82.0 cm³/mol. The SMILES string of the molecule is FC(F)(F)CN1CCC(CNCc2cc(Br)c(Br)s2)C1. The van der Waals surface area contributed by atoms with E-state index in [0.717, 1.165) is 27.8 Å². The van der Waals surface area contributed by atoms with Gasteiger partial charge in [-0.05, 0) is 63.4 Å². The van der Waals surface area contributed by atoms with Gasteiger partial charge in [-0.3, -0.25) is 4.90 Å². The minimum Gasteiger partial charge on any atom is -0.312 e. The normalized spacial score (nSPS) is 20.8. The number of nitrogens with one attached hydrogen (secondary N) is 1. The van der Waals surface area contributed by atoms with E-state index in [0.29, 0.717) is 19.0 Å². The zero-order chi connectivity index (χ0) is 14.8. The van der Waals surface area contributed by atoms with E-state index in [4.69, 9.17) is 0 Å². The quantitative estimate of drug-likeness (QED) is 0.743. The van der Waals surface area contributed by atoms with Crippen LogP contribution in [0.2, 0.25) is 0 Å². The smallest absolute Gasteiger partial charge is 0.312 e. The van der Waals surface area contributed by atoms with Crippen LogP contribution in [-0.4, -0.2) is 37.3 Å². The molecule has 0 spiro atoms. The van der Waals surface area contributed by atoms with Crippen molar-refractivity contribution in [3.05, 3.63) is 19.2 Å². The average Bonchev–Trinajstić information content (AvgIpc) is 2.85. The average molecular weight is 436 g/mol. The highest BCUT2D eigenvalue weighted by molar-refractivity contribution is 9.13. The minimum absolute atomic E-state index is 0.309. The molecule has 0 saturated carbocycles. The lowest BCUT2D eigenvalue weighted by Gasteiger charge is -2.17. The van der Waals surface area contributed by atoms with Gasteiger partial charge in [0.05, 0.1) is 10.3 Å². The lowest BCUT2D eigenvalue weighted by molar-refractivity contribution is -0.143. The molecule has 2 heterocycles. The molecule has 1 N–H and O–H groups in total. The molecule has 1 aliphatic rings. The first-order chi connectivity index (χ1) is 9.33. The van der Waals surface area contributed by atoms with Crippen molar-refractivity contribution in [3.8, 4) is 0 Å². The lowest BCUT2D eigenvalue weighted by atomic mass is 10.1. The van der Waals surface area contributed by atoms with Gasteiger partial charge in [0.2, 0.25) is 0 Å². The standard InChI is InChI=1S/C12H15Br2F3N2S/c13-10-3-9(20-11(10)14)5-18-4-8-1-2-19(6-8)7-12(15,16)17/h3,8,18H,1-2,4-7H2. The minimum atomic E-state index is -4.09. The Kier molecular flexibility index (Phi) is 5.93. The number of hydrogen-bond acceptors (Lipinski definition) is 3. The molecule has 1 fully saturated rings. The van der Waals surface area contributed by atoms with Gasteiger partial charge in [0, 0.05) is 22.4 Å². The summed E-state index contributed by atoms with van der Waals surface area (Å²) < 4.78 is 38.9. The van der Waals surface area contributed by atoms with E-state index in [2.05, 4.69) is 37.2 Å². The molecule has 0 radical (unpaired) electrons. The summed E-state index contributed by atoms with van der Waals surface area (Å²) in [5.41, 5.74) is 0. The number of rotatable bonds is 5. The molecule has 1 aromatic heterocycles. The van der Waals surface area contributed by atoms with Crippen molar-refractivity contribution in [2.24, 2.45) is 5.92 Å². The van der Waals surface area contributed by atoms with Gasteiger partial charge in [-0.2, -0.15) is 13.2 Å². The molecule has 8 heteroatoms. The highest BCUT2D eigenvalue weighted by Gasteiger charge is 2.34. The van der Waals surface area contributed by atoms with E-state index < -0.39 is 12.7 Å². The third-order valence-electron chi connectivity index (χ3n) is 3.20. The Labute approximate surface area is 137 Å². The van der Waals surface area contributed by atoms with Crippen molar-refractivity contribution >= 4 is 43.2 Å². The van der Waals surface area contributed by atoms with Crippen molar-refractivity contribution in [2.75, 3.05) is 26.2 Å². The number of hydrogen-bond donors (Lipinski definition) is 1. The topological polar surface area (TPSA) is 15.3 Å². The molecule has 114 valence electrons. The summed E-state index contributed by atoms with van der Waals surface area (Å²) >= 11 is 8.53. The maximum Gasteiger partial charge on any atom is 0.401 e. The first-order valence-electron chi connectivity index (χ1n) is 6.27. The third kappa shape index (κ3) is 5.29. The van der Waals surface area contributed by atoms with Crippen LogP contribution in [0, 0.1) is 5.92 Å². The molecule has 1 aliphatic heterocycles. The summed E-state index contributed by atoms with van der Waals surface area (Å²) in [5, 5.41) is 3.33. The summed E-state index contributed by atoms with van der Waals surface area (Å²) in [5.74, 6) is 0.309. The van der Waals surface area contributed by atoms with Gasteiger partial charge in [0.15, 0.2) is 0 Å². The number of halogens is 5. The Balaban J connectivity index is 1.68.